The van der Waals surface area contributed by atoms with Gasteiger partial charge in [0, 0.05) is 0 Å². The first-order valence-corrected chi connectivity index (χ1v) is 8.05. The van der Waals surface area contributed by atoms with Crippen molar-refractivity contribution in [2.24, 2.45) is 0 Å². The van der Waals surface area contributed by atoms with Gasteiger partial charge in [0.15, 0.2) is 6.29 Å². The maximum absolute atomic E-state index is 9.89. The summed E-state index contributed by atoms with van der Waals surface area (Å²) in [5.41, 5.74) is 0. The standard InChI is InChI=1S/C19H22O8/c20-11-9-7-5-3-1-2-4-6-8-10-14(12-21)26-19-18(25)17(24)16(23)15(13-22)27-19/h7-10,14-25H,11-13H2/b9-7+,10-8+/t14?,15-,16-,17+,18-,19-/m1/s1. The molecule has 8 nitrogen and oxygen atoms in total. The lowest BCUT2D eigenvalue weighted by atomic mass is 9.99. The van der Waals surface area contributed by atoms with Crippen molar-refractivity contribution in [3.05, 3.63) is 24.3 Å². The minimum atomic E-state index is -1.56. The van der Waals surface area contributed by atoms with Crippen molar-refractivity contribution in [1.29, 1.82) is 0 Å². The van der Waals surface area contributed by atoms with E-state index in [-0.39, 0.29) is 6.61 Å². The van der Waals surface area contributed by atoms with Crippen molar-refractivity contribution < 1.29 is 40.1 Å². The summed E-state index contributed by atoms with van der Waals surface area (Å²) in [4.78, 5) is 0. The lowest BCUT2D eigenvalue weighted by Gasteiger charge is -2.40. The quantitative estimate of drug-likeness (QED) is 0.274. The molecule has 0 amide bonds. The van der Waals surface area contributed by atoms with Crippen LogP contribution in [0.5, 0.6) is 0 Å². The molecule has 6 atom stereocenters. The third kappa shape index (κ3) is 7.94. The van der Waals surface area contributed by atoms with Crippen molar-refractivity contribution in [1.82, 2.24) is 0 Å². The van der Waals surface area contributed by atoms with Gasteiger partial charge in [-0.3, -0.25) is 0 Å². The molecule has 1 unspecified atom stereocenters. The molecule has 146 valence electrons. The second-order valence-electron chi connectivity index (χ2n) is 5.29. The minimum absolute atomic E-state index is 0.0933. The summed E-state index contributed by atoms with van der Waals surface area (Å²) in [6.45, 7) is -1.13. The Morgan fingerprint density at radius 2 is 1.56 bits per heavy atom. The van der Waals surface area contributed by atoms with Crippen molar-refractivity contribution in [2.45, 2.75) is 36.8 Å². The summed E-state index contributed by atoms with van der Waals surface area (Å²) < 4.78 is 10.5. The predicted molar refractivity (Wildman–Crippen MR) is 94.4 cm³/mol. The largest absolute Gasteiger partial charge is 0.394 e. The van der Waals surface area contributed by atoms with Crippen LogP contribution < -0.4 is 0 Å². The Labute approximate surface area is 157 Å². The summed E-state index contributed by atoms with van der Waals surface area (Å²) in [5, 5.41) is 56.2. The highest BCUT2D eigenvalue weighted by Crippen LogP contribution is 2.23. The predicted octanol–water partition coefficient (Wildman–Crippen LogP) is -2.72. The summed E-state index contributed by atoms with van der Waals surface area (Å²) in [6.07, 6.45) is -2.26. The van der Waals surface area contributed by atoms with Crippen molar-refractivity contribution >= 4 is 0 Å². The highest BCUT2D eigenvalue weighted by atomic mass is 16.7. The van der Waals surface area contributed by atoms with E-state index in [1.165, 1.54) is 24.3 Å². The number of hydrogen-bond donors (Lipinski definition) is 6. The molecule has 0 aliphatic carbocycles. The van der Waals surface area contributed by atoms with E-state index in [0.717, 1.165) is 0 Å². The molecule has 0 saturated carbocycles. The van der Waals surface area contributed by atoms with Crippen LogP contribution in [0.2, 0.25) is 0 Å². The van der Waals surface area contributed by atoms with Crippen LogP contribution in [0.15, 0.2) is 24.3 Å². The van der Waals surface area contributed by atoms with Crippen LogP contribution in [0, 0.1) is 35.5 Å². The molecule has 1 aliphatic heterocycles. The molecule has 0 aromatic heterocycles. The lowest BCUT2D eigenvalue weighted by Crippen LogP contribution is -2.59. The minimum Gasteiger partial charge on any atom is -0.394 e. The number of ether oxygens (including phenoxy) is 2. The fraction of sp³-hybridized carbons (Fsp3) is 0.474. The van der Waals surface area contributed by atoms with E-state index < -0.39 is 50.0 Å². The molecule has 0 aromatic rings. The van der Waals surface area contributed by atoms with E-state index in [0.29, 0.717) is 0 Å². The van der Waals surface area contributed by atoms with Gasteiger partial charge >= 0.3 is 0 Å². The van der Waals surface area contributed by atoms with Gasteiger partial charge in [-0.15, -0.1) is 0 Å². The van der Waals surface area contributed by atoms with Crippen molar-refractivity contribution in [3.8, 4) is 35.5 Å². The Morgan fingerprint density at radius 1 is 0.889 bits per heavy atom. The van der Waals surface area contributed by atoms with Gasteiger partial charge in [-0.25, -0.2) is 0 Å². The first-order chi connectivity index (χ1) is 13.0. The number of hydrogen-bond acceptors (Lipinski definition) is 8. The molecular formula is C19H22O8. The van der Waals surface area contributed by atoms with Crippen LogP contribution in [-0.4, -0.2) is 87.3 Å². The van der Waals surface area contributed by atoms with E-state index in [9.17, 15) is 20.4 Å². The van der Waals surface area contributed by atoms with Gasteiger partial charge in [0.25, 0.3) is 0 Å². The molecule has 0 spiro atoms. The van der Waals surface area contributed by atoms with Crippen LogP contribution in [0.25, 0.3) is 0 Å². The number of rotatable bonds is 6. The SMILES string of the molecule is OC/C=C/C#CC#CC#C/C=C/C(CO)O[C@@H]1O[C@H](CO)[C@@H](O)[C@H](O)[C@H]1O. The van der Waals surface area contributed by atoms with Gasteiger partial charge in [-0.1, -0.05) is 17.9 Å². The van der Waals surface area contributed by atoms with E-state index in [2.05, 4.69) is 35.5 Å². The molecule has 1 fully saturated rings. The summed E-state index contributed by atoms with van der Waals surface area (Å²) in [7, 11) is 0. The number of allylic oxidation sites excluding steroid dienone is 2. The van der Waals surface area contributed by atoms with E-state index >= 15 is 0 Å². The van der Waals surface area contributed by atoms with Crippen LogP contribution in [0.3, 0.4) is 0 Å². The first-order valence-electron chi connectivity index (χ1n) is 8.05. The van der Waals surface area contributed by atoms with E-state index in [1.54, 1.807) is 0 Å². The normalized spacial score (nSPS) is 28.6. The van der Waals surface area contributed by atoms with E-state index in [1.807, 2.05) is 0 Å². The molecule has 6 N–H and O–H groups in total. The highest BCUT2D eigenvalue weighted by Gasteiger charge is 2.44. The van der Waals surface area contributed by atoms with Gasteiger partial charge in [0.1, 0.15) is 30.5 Å². The average molecular weight is 378 g/mol. The summed E-state index contributed by atoms with van der Waals surface area (Å²) >= 11 is 0. The molecular weight excluding hydrogens is 356 g/mol. The van der Waals surface area contributed by atoms with Gasteiger partial charge in [0.2, 0.25) is 0 Å². The lowest BCUT2D eigenvalue weighted by molar-refractivity contribution is -0.309. The molecule has 1 aliphatic rings. The fourth-order valence-corrected chi connectivity index (χ4v) is 1.99. The van der Waals surface area contributed by atoms with Crippen LogP contribution in [-0.2, 0) is 9.47 Å². The smallest absolute Gasteiger partial charge is 0.187 e. The average Bonchev–Trinajstić information content (AvgIpc) is 2.68. The Balaban J connectivity index is 2.60. The highest BCUT2D eigenvalue weighted by molar-refractivity contribution is 5.39. The zero-order valence-electron chi connectivity index (χ0n) is 14.4. The molecule has 0 radical (unpaired) electrons. The van der Waals surface area contributed by atoms with Gasteiger partial charge < -0.3 is 40.1 Å². The Morgan fingerprint density at radius 3 is 2.15 bits per heavy atom. The second-order valence-corrected chi connectivity index (χ2v) is 5.29. The zero-order valence-corrected chi connectivity index (χ0v) is 14.4. The number of aliphatic hydroxyl groups excluding tert-OH is 6. The molecule has 8 heteroatoms. The van der Waals surface area contributed by atoms with Crippen LogP contribution in [0.4, 0.5) is 0 Å². The third-order valence-corrected chi connectivity index (χ3v) is 3.37. The van der Waals surface area contributed by atoms with Gasteiger partial charge in [-0.05, 0) is 41.9 Å². The molecule has 27 heavy (non-hydrogen) atoms. The fourth-order valence-electron chi connectivity index (χ4n) is 1.99. The summed E-state index contributed by atoms with van der Waals surface area (Å²) in [5.74, 6) is 15.1. The summed E-state index contributed by atoms with van der Waals surface area (Å²) in [6, 6.07) is 0. The third-order valence-electron chi connectivity index (χ3n) is 3.37. The monoisotopic (exact) mass is 378 g/mol. The molecule has 0 bridgehead atoms. The van der Waals surface area contributed by atoms with Crippen LogP contribution in [0.1, 0.15) is 0 Å². The first kappa shape index (κ1) is 22.9. The second kappa shape index (κ2) is 13.1. The van der Waals surface area contributed by atoms with Crippen molar-refractivity contribution in [3.63, 3.8) is 0 Å². The Bertz CT molecular complexity index is 680. The van der Waals surface area contributed by atoms with E-state index in [4.69, 9.17) is 19.7 Å². The maximum Gasteiger partial charge on any atom is 0.187 e. The molecule has 1 saturated heterocycles. The topological polar surface area (TPSA) is 140 Å². The molecule has 1 heterocycles. The zero-order chi connectivity index (χ0) is 20.1. The number of aliphatic hydroxyl groups is 6. The Kier molecular flexibility index (Phi) is 11.1. The molecule has 1 rings (SSSR count). The van der Waals surface area contributed by atoms with Gasteiger partial charge in [0.05, 0.1) is 19.8 Å². The molecule has 0 aromatic carbocycles. The Hall–Kier alpha value is -2.16. The van der Waals surface area contributed by atoms with Crippen LogP contribution >= 0.6 is 0 Å². The maximum atomic E-state index is 9.89. The van der Waals surface area contributed by atoms with Crippen molar-refractivity contribution in [2.75, 3.05) is 19.8 Å². The van der Waals surface area contributed by atoms with Gasteiger partial charge in [-0.2, -0.15) is 0 Å².